The predicted molar refractivity (Wildman–Crippen MR) is 124 cm³/mol. The van der Waals surface area contributed by atoms with E-state index in [4.69, 9.17) is 9.47 Å². The van der Waals surface area contributed by atoms with Crippen LogP contribution in [-0.4, -0.2) is 43.6 Å². The van der Waals surface area contributed by atoms with Gasteiger partial charge < -0.3 is 9.47 Å². The molecule has 2 aromatic rings. The molecule has 0 aromatic heterocycles. The number of likely N-dealkylation sites (tertiary alicyclic amines) is 1. The minimum atomic E-state index is -0.941. The van der Waals surface area contributed by atoms with Crippen molar-refractivity contribution in [3.05, 3.63) is 83.8 Å². The first-order valence-corrected chi connectivity index (χ1v) is 11.0. The van der Waals surface area contributed by atoms with Crippen LogP contribution < -0.4 is 0 Å². The maximum atomic E-state index is 13.2. The number of nitrogens with zero attached hydrogens (tertiary/aromatic N) is 2. The van der Waals surface area contributed by atoms with Gasteiger partial charge in [-0.3, -0.25) is 9.69 Å². The summed E-state index contributed by atoms with van der Waals surface area (Å²) in [5.74, 6) is -0.263. The quantitative estimate of drug-likeness (QED) is 0.338. The lowest BCUT2D eigenvalue weighted by molar-refractivity contribution is -0.154. The molecule has 2 aromatic carbocycles. The number of hydrogen-bond acceptors (Lipinski definition) is 5. The zero-order valence-corrected chi connectivity index (χ0v) is 18.9. The summed E-state index contributed by atoms with van der Waals surface area (Å²) in [7, 11) is 1.53. The molecule has 1 aliphatic heterocycles. The van der Waals surface area contributed by atoms with Crippen LogP contribution in [0.3, 0.4) is 0 Å². The van der Waals surface area contributed by atoms with Crippen LogP contribution in [0.4, 0.5) is 4.39 Å². The standard InChI is InChI=1S/C26H31FN2O3/c1-4-32-25(30)26(14-16-29(17-15-26)19-22-8-6-5-7-9-22)24(31-3)28-20(2)18-21-10-12-23(27)13-11-21/h5-13H,2,4,14-19H2,1,3H3. The highest BCUT2D eigenvalue weighted by Gasteiger charge is 2.48. The highest BCUT2D eigenvalue weighted by Crippen LogP contribution is 2.36. The average Bonchev–Trinajstić information content (AvgIpc) is 2.80. The van der Waals surface area contributed by atoms with Crippen LogP contribution in [0.15, 0.2) is 71.9 Å². The van der Waals surface area contributed by atoms with Gasteiger partial charge in [-0.2, -0.15) is 0 Å². The van der Waals surface area contributed by atoms with Gasteiger partial charge in [0.25, 0.3) is 0 Å². The van der Waals surface area contributed by atoms with Gasteiger partial charge in [0.05, 0.1) is 13.7 Å². The fourth-order valence-corrected chi connectivity index (χ4v) is 4.08. The number of ether oxygens (including phenoxy) is 2. The molecule has 0 unspecified atom stereocenters. The number of allylic oxidation sites excluding steroid dienone is 1. The van der Waals surface area contributed by atoms with Gasteiger partial charge >= 0.3 is 5.97 Å². The van der Waals surface area contributed by atoms with Gasteiger partial charge in [-0.1, -0.05) is 49.0 Å². The Bertz CT molecular complexity index is 933. The summed E-state index contributed by atoms with van der Waals surface area (Å²) < 4.78 is 24.3. The van der Waals surface area contributed by atoms with E-state index in [0.717, 1.165) is 25.2 Å². The van der Waals surface area contributed by atoms with Crippen LogP contribution >= 0.6 is 0 Å². The van der Waals surface area contributed by atoms with Gasteiger partial charge in [0, 0.05) is 31.8 Å². The molecule has 0 saturated carbocycles. The average molecular weight is 439 g/mol. The van der Waals surface area contributed by atoms with Crippen LogP contribution in [0.5, 0.6) is 0 Å². The second-order valence-electron chi connectivity index (χ2n) is 8.05. The number of carbonyl (C=O) groups excluding carboxylic acids is 1. The number of halogens is 1. The number of hydrogen-bond donors (Lipinski definition) is 0. The van der Waals surface area contributed by atoms with Crippen molar-refractivity contribution < 1.29 is 18.7 Å². The summed E-state index contributed by atoms with van der Waals surface area (Å²) in [4.78, 5) is 20.0. The van der Waals surface area contributed by atoms with E-state index >= 15 is 0 Å². The monoisotopic (exact) mass is 438 g/mol. The first-order chi connectivity index (χ1) is 15.5. The molecule has 32 heavy (non-hydrogen) atoms. The SMILES string of the molecule is C=C(Cc1ccc(F)cc1)N=C(OC)C1(C(=O)OCC)CCN(Cc2ccccc2)CC1. The third-order valence-corrected chi connectivity index (χ3v) is 5.81. The summed E-state index contributed by atoms with van der Waals surface area (Å²) in [6.45, 7) is 8.41. The van der Waals surface area contributed by atoms with Gasteiger partial charge in [0.1, 0.15) is 11.2 Å². The van der Waals surface area contributed by atoms with E-state index < -0.39 is 5.41 Å². The van der Waals surface area contributed by atoms with E-state index in [2.05, 4.69) is 28.6 Å². The molecule has 1 aliphatic rings. The van der Waals surface area contributed by atoms with E-state index in [1.165, 1.54) is 24.8 Å². The number of piperidine rings is 1. The van der Waals surface area contributed by atoms with Crippen LogP contribution in [0.1, 0.15) is 30.9 Å². The molecule has 0 aliphatic carbocycles. The summed E-state index contributed by atoms with van der Waals surface area (Å²) in [6, 6.07) is 16.5. The Labute approximate surface area is 189 Å². The molecule has 3 rings (SSSR count). The lowest BCUT2D eigenvalue weighted by Gasteiger charge is -2.39. The summed E-state index contributed by atoms with van der Waals surface area (Å²) >= 11 is 0. The number of rotatable bonds is 8. The zero-order valence-electron chi connectivity index (χ0n) is 18.9. The highest BCUT2D eigenvalue weighted by molar-refractivity contribution is 6.03. The summed E-state index contributed by atoms with van der Waals surface area (Å²) in [5.41, 5.74) is 1.73. The molecular weight excluding hydrogens is 407 g/mol. The van der Waals surface area contributed by atoms with Crippen LogP contribution in [0, 0.1) is 11.2 Å². The van der Waals surface area contributed by atoms with Gasteiger partial charge in [-0.05, 0) is 43.0 Å². The van der Waals surface area contributed by atoms with E-state index in [1.807, 2.05) is 18.2 Å². The third kappa shape index (κ3) is 5.82. The Morgan fingerprint density at radius 1 is 1.09 bits per heavy atom. The molecule has 5 nitrogen and oxygen atoms in total. The van der Waals surface area contributed by atoms with Gasteiger partial charge in [0.15, 0.2) is 0 Å². The summed E-state index contributed by atoms with van der Waals surface area (Å²) in [6.07, 6.45) is 1.54. The molecular formula is C26H31FN2O3. The van der Waals surface area contributed by atoms with Crippen molar-refractivity contribution in [2.24, 2.45) is 10.4 Å². The van der Waals surface area contributed by atoms with Gasteiger partial charge in [-0.15, -0.1) is 0 Å². The molecule has 0 N–H and O–H groups in total. The van der Waals surface area contributed by atoms with Gasteiger partial charge in [-0.25, -0.2) is 9.38 Å². The topological polar surface area (TPSA) is 51.1 Å². The Hall–Kier alpha value is -2.99. The molecule has 1 saturated heterocycles. The Kier molecular flexibility index (Phi) is 8.17. The van der Waals surface area contributed by atoms with E-state index in [9.17, 15) is 9.18 Å². The maximum Gasteiger partial charge on any atom is 0.321 e. The Morgan fingerprint density at radius 3 is 2.34 bits per heavy atom. The largest absolute Gasteiger partial charge is 0.483 e. The van der Waals surface area contributed by atoms with E-state index in [1.54, 1.807) is 19.1 Å². The van der Waals surface area contributed by atoms with Crippen molar-refractivity contribution in [3.63, 3.8) is 0 Å². The molecule has 170 valence electrons. The number of methoxy groups -OCH3 is 1. The first-order valence-electron chi connectivity index (χ1n) is 11.0. The van der Waals surface area contributed by atoms with Crippen LogP contribution in [-0.2, 0) is 27.2 Å². The fourth-order valence-electron chi connectivity index (χ4n) is 4.08. The number of benzene rings is 2. The van der Waals surface area contributed by atoms with Crippen molar-refractivity contribution in [2.75, 3.05) is 26.8 Å². The molecule has 0 bridgehead atoms. The maximum absolute atomic E-state index is 13.2. The zero-order chi connectivity index (χ0) is 23.0. The van der Waals surface area contributed by atoms with Crippen molar-refractivity contribution in [1.82, 2.24) is 4.90 Å². The van der Waals surface area contributed by atoms with Crippen molar-refractivity contribution >= 4 is 11.9 Å². The second kappa shape index (κ2) is 11.0. The predicted octanol–water partition coefficient (Wildman–Crippen LogP) is 4.77. The van der Waals surface area contributed by atoms with Crippen molar-refractivity contribution in [1.29, 1.82) is 0 Å². The smallest absolute Gasteiger partial charge is 0.321 e. The minimum absolute atomic E-state index is 0.288. The van der Waals surface area contributed by atoms with Crippen LogP contribution in [0.25, 0.3) is 0 Å². The van der Waals surface area contributed by atoms with Crippen LogP contribution in [0.2, 0.25) is 0 Å². The lowest BCUT2D eigenvalue weighted by atomic mass is 9.77. The fraction of sp³-hybridized carbons (Fsp3) is 0.385. The number of carbonyl (C=O) groups is 1. The molecule has 0 radical (unpaired) electrons. The third-order valence-electron chi connectivity index (χ3n) is 5.81. The second-order valence-corrected chi connectivity index (χ2v) is 8.05. The number of aliphatic imine (C=N–C) groups is 1. The molecule has 1 fully saturated rings. The Balaban J connectivity index is 1.77. The Morgan fingerprint density at radius 2 is 1.75 bits per heavy atom. The molecule has 0 atom stereocenters. The van der Waals surface area contributed by atoms with Crippen molar-refractivity contribution in [2.45, 2.75) is 32.7 Å². The molecule has 1 heterocycles. The highest BCUT2D eigenvalue weighted by atomic mass is 19.1. The van der Waals surface area contributed by atoms with E-state index in [0.29, 0.717) is 37.5 Å². The van der Waals surface area contributed by atoms with E-state index in [-0.39, 0.29) is 11.8 Å². The molecule has 0 spiro atoms. The number of esters is 1. The minimum Gasteiger partial charge on any atom is -0.483 e. The molecule has 0 amide bonds. The summed E-state index contributed by atoms with van der Waals surface area (Å²) in [5, 5.41) is 0. The normalized spacial score (nSPS) is 16.4. The lowest BCUT2D eigenvalue weighted by Crippen LogP contribution is -2.50. The van der Waals surface area contributed by atoms with Crippen molar-refractivity contribution in [3.8, 4) is 0 Å². The van der Waals surface area contributed by atoms with Gasteiger partial charge in [0.2, 0.25) is 5.90 Å². The first kappa shape index (κ1) is 23.7. The molecule has 6 heteroatoms.